The summed E-state index contributed by atoms with van der Waals surface area (Å²) >= 11 is 0. The maximum absolute atomic E-state index is 11.8. The zero-order valence-electron chi connectivity index (χ0n) is 9.73. The first-order valence-electron chi connectivity index (χ1n) is 5.37. The first-order chi connectivity index (χ1) is 8.19. The van der Waals surface area contributed by atoms with Crippen LogP contribution in [0.15, 0.2) is 24.3 Å². The maximum atomic E-state index is 11.8. The van der Waals surface area contributed by atoms with Crippen LogP contribution in [0.3, 0.4) is 0 Å². The molecule has 0 radical (unpaired) electrons. The van der Waals surface area contributed by atoms with Gasteiger partial charge in [-0.3, -0.25) is 0 Å². The number of esters is 1. The Labute approximate surface area is 99.0 Å². The SMILES string of the molecule is CCOC(=O)c1cc(C#N)n2c(C)cccc12. The summed E-state index contributed by atoms with van der Waals surface area (Å²) in [6.07, 6.45) is 0. The third-order valence-corrected chi connectivity index (χ3v) is 2.59. The molecule has 0 aliphatic heterocycles. The third-order valence-electron chi connectivity index (χ3n) is 2.59. The summed E-state index contributed by atoms with van der Waals surface area (Å²) in [5, 5.41) is 9.06. The molecule has 0 fully saturated rings. The van der Waals surface area contributed by atoms with Crippen molar-refractivity contribution >= 4 is 11.5 Å². The molecular weight excluding hydrogens is 216 g/mol. The van der Waals surface area contributed by atoms with Gasteiger partial charge in [-0.25, -0.2) is 4.79 Å². The second kappa shape index (κ2) is 4.30. The average Bonchev–Trinajstić information content (AvgIpc) is 2.69. The molecule has 2 rings (SSSR count). The minimum Gasteiger partial charge on any atom is -0.462 e. The van der Waals surface area contributed by atoms with Gasteiger partial charge >= 0.3 is 5.97 Å². The van der Waals surface area contributed by atoms with E-state index < -0.39 is 5.97 Å². The predicted octanol–water partition coefficient (Wildman–Crippen LogP) is 2.30. The minimum absolute atomic E-state index is 0.323. The molecule has 0 atom stereocenters. The number of carbonyl (C=O) groups is 1. The van der Waals surface area contributed by atoms with E-state index in [1.807, 2.05) is 19.1 Å². The summed E-state index contributed by atoms with van der Waals surface area (Å²) in [4.78, 5) is 11.8. The summed E-state index contributed by atoms with van der Waals surface area (Å²) < 4.78 is 6.73. The fraction of sp³-hybridized carbons (Fsp3) is 0.231. The molecule has 17 heavy (non-hydrogen) atoms. The lowest BCUT2D eigenvalue weighted by Crippen LogP contribution is -2.04. The third kappa shape index (κ3) is 1.76. The van der Waals surface area contributed by atoms with Gasteiger partial charge in [0.05, 0.1) is 17.7 Å². The Hall–Kier alpha value is -2.28. The molecule has 4 nitrogen and oxygen atoms in total. The van der Waals surface area contributed by atoms with Crippen LogP contribution in [0.1, 0.15) is 28.7 Å². The number of hydrogen-bond acceptors (Lipinski definition) is 3. The van der Waals surface area contributed by atoms with Crippen molar-refractivity contribution in [3.8, 4) is 6.07 Å². The molecule has 4 heteroatoms. The summed E-state index contributed by atoms with van der Waals surface area (Å²) in [7, 11) is 0. The van der Waals surface area contributed by atoms with Gasteiger partial charge in [-0.05, 0) is 32.0 Å². The Balaban J connectivity index is 2.71. The average molecular weight is 228 g/mol. The number of hydrogen-bond donors (Lipinski definition) is 0. The van der Waals surface area contributed by atoms with Gasteiger partial charge < -0.3 is 9.14 Å². The van der Waals surface area contributed by atoms with Gasteiger partial charge in [-0.15, -0.1) is 0 Å². The molecule has 0 unspecified atom stereocenters. The molecule has 0 saturated heterocycles. The van der Waals surface area contributed by atoms with Crippen molar-refractivity contribution in [1.82, 2.24) is 4.40 Å². The molecule has 2 aromatic rings. The molecule has 86 valence electrons. The van der Waals surface area contributed by atoms with E-state index in [1.54, 1.807) is 23.5 Å². The van der Waals surface area contributed by atoms with E-state index in [-0.39, 0.29) is 0 Å². The van der Waals surface area contributed by atoms with E-state index in [9.17, 15) is 4.79 Å². The van der Waals surface area contributed by atoms with Crippen molar-refractivity contribution in [2.75, 3.05) is 6.61 Å². The smallest absolute Gasteiger partial charge is 0.340 e. The Kier molecular flexibility index (Phi) is 2.84. The van der Waals surface area contributed by atoms with E-state index in [4.69, 9.17) is 10.00 Å². The Morgan fingerprint density at radius 3 is 2.94 bits per heavy atom. The predicted molar refractivity (Wildman–Crippen MR) is 62.8 cm³/mol. The van der Waals surface area contributed by atoms with Crippen LogP contribution >= 0.6 is 0 Å². The fourth-order valence-electron chi connectivity index (χ4n) is 1.88. The normalized spacial score (nSPS) is 10.2. The second-order valence-corrected chi connectivity index (χ2v) is 3.66. The van der Waals surface area contributed by atoms with Crippen molar-refractivity contribution in [1.29, 1.82) is 5.26 Å². The monoisotopic (exact) mass is 228 g/mol. The van der Waals surface area contributed by atoms with Crippen molar-refractivity contribution in [2.45, 2.75) is 13.8 Å². The van der Waals surface area contributed by atoms with Crippen LogP contribution in [0, 0.1) is 18.3 Å². The first kappa shape index (κ1) is 11.2. The van der Waals surface area contributed by atoms with Gasteiger partial charge in [0.2, 0.25) is 0 Å². The molecular formula is C13H12N2O2. The standard InChI is InChI=1S/C13H12N2O2/c1-3-17-13(16)11-7-10(8-14)15-9(2)5-4-6-12(11)15/h4-7H,3H2,1-2H3. The lowest BCUT2D eigenvalue weighted by atomic mass is 10.2. The molecule has 0 spiro atoms. The van der Waals surface area contributed by atoms with Gasteiger partial charge in [0, 0.05) is 5.69 Å². The van der Waals surface area contributed by atoms with Crippen LogP contribution in [-0.4, -0.2) is 17.0 Å². The Morgan fingerprint density at radius 2 is 2.29 bits per heavy atom. The fourth-order valence-corrected chi connectivity index (χ4v) is 1.88. The van der Waals surface area contributed by atoms with Crippen molar-refractivity contribution < 1.29 is 9.53 Å². The van der Waals surface area contributed by atoms with E-state index in [1.165, 1.54) is 0 Å². The highest BCUT2D eigenvalue weighted by Gasteiger charge is 2.16. The summed E-state index contributed by atoms with van der Waals surface area (Å²) in [5.74, 6) is -0.392. The van der Waals surface area contributed by atoms with E-state index in [0.717, 1.165) is 5.69 Å². The Morgan fingerprint density at radius 1 is 1.53 bits per heavy atom. The highest BCUT2D eigenvalue weighted by atomic mass is 16.5. The number of aromatic nitrogens is 1. The quantitative estimate of drug-likeness (QED) is 0.741. The minimum atomic E-state index is -0.392. The second-order valence-electron chi connectivity index (χ2n) is 3.66. The van der Waals surface area contributed by atoms with Gasteiger partial charge in [0.15, 0.2) is 0 Å². The molecule has 0 aliphatic carbocycles. The van der Waals surface area contributed by atoms with Crippen molar-refractivity contribution in [2.24, 2.45) is 0 Å². The van der Waals surface area contributed by atoms with E-state index >= 15 is 0 Å². The van der Waals surface area contributed by atoms with Crippen LogP contribution in [0.2, 0.25) is 0 Å². The highest BCUT2D eigenvalue weighted by molar-refractivity contribution is 5.98. The van der Waals surface area contributed by atoms with Crippen LogP contribution < -0.4 is 0 Å². The zero-order chi connectivity index (χ0) is 12.4. The number of pyridine rings is 1. The number of aryl methyl sites for hydroxylation is 1. The summed E-state index contributed by atoms with van der Waals surface area (Å²) in [6.45, 7) is 3.97. The van der Waals surface area contributed by atoms with Crippen molar-refractivity contribution in [3.63, 3.8) is 0 Å². The van der Waals surface area contributed by atoms with Crippen LogP contribution in [0.4, 0.5) is 0 Å². The Bertz CT molecular complexity index is 620. The highest BCUT2D eigenvalue weighted by Crippen LogP contribution is 2.19. The maximum Gasteiger partial charge on any atom is 0.340 e. The number of fused-ring (bicyclic) bond motifs is 1. The number of carbonyl (C=O) groups excluding carboxylic acids is 1. The molecule has 0 saturated carbocycles. The summed E-state index contributed by atoms with van der Waals surface area (Å²) in [6, 6.07) is 9.21. The van der Waals surface area contributed by atoms with Crippen LogP contribution in [-0.2, 0) is 4.74 Å². The van der Waals surface area contributed by atoms with Gasteiger partial charge in [0.25, 0.3) is 0 Å². The lowest BCUT2D eigenvalue weighted by molar-refractivity contribution is 0.0529. The van der Waals surface area contributed by atoms with E-state index in [0.29, 0.717) is 23.4 Å². The van der Waals surface area contributed by atoms with Gasteiger partial charge in [-0.2, -0.15) is 5.26 Å². The van der Waals surface area contributed by atoms with Gasteiger partial charge in [0.1, 0.15) is 11.8 Å². The molecule has 0 amide bonds. The topological polar surface area (TPSA) is 54.5 Å². The van der Waals surface area contributed by atoms with Gasteiger partial charge in [-0.1, -0.05) is 6.07 Å². The number of rotatable bonds is 2. The number of ether oxygens (including phenoxy) is 1. The zero-order valence-corrected chi connectivity index (χ0v) is 9.73. The first-order valence-corrected chi connectivity index (χ1v) is 5.37. The molecule has 2 heterocycles. The van der Waals surface area contributed by atoms with Crippen LogP contribution in [0.25, 0.3) is 5.52 Å². The summed E-state index contributed by atoms with van der Waals surface area (Å²) in [5.41, 5.74) is 2.50. The van der Waals surface area contributed by atoms with E-state index in [2.05, 4.69) is 6.07 Å². The lowest BCUT2D eigenvalue weighted by Gasteiger charge is -2.03. The largest absolute Gasteiger partial charge is 0.462 e. The number of nitrogens with zero attached hydrogens (tertiary/aromatic N) is 2. The molecule has 0 bridgehead atoms. The molecule has 2 aromatic heterocycles. The molecule has 0 aromatic carbocycles. The van der Waals surface area contributed by atoms with Crippen LogP contribution in [0.5, 0.6) is 0 Å². The number of nitriles is 1. The molecule has 0 aliphatic rings. The van der Waals surface area contributed by atoms with Crippen molar-refractivity contribution in [3.05, 3.63) is 41.2 Å². The molecule has 0 N–H and O–H groups in total.